The number of rotatable bonds is 4. The molecular formula is C15H22FNO. The van der Waals surface area contributed by atoms with Gasteiger partial charge >= 0.3 is 0 Å². The van der Waals surface area contributed by atoms with E-state index in [0.29, 0.717) is 6.04 Å². The van der Waals surface area contributed by atoms with Crippen LogP contribution >= 0.6 is 0 Å². The Morgan fingerprint density at radius 3 is 2.67 bits per heavy atom. The molecule has 1 aliphatic carbocycles. The molecule has 3 heteroatoms. The molecule has 1 aliphatic rings. The quantitative estimate of drug-likeness (QED) is 0.862. The van der Waals surface area contributed by atoms with Gasteiger partial charge in [-0.2, -0.15) is 0 Å². The molecule has 18 heavy (non-hydrogen) atoms. The van der Waals surface area contributed by atoms with E-state index in [0.717, 1.165) is 11.1 Å². The van der Waals surface area contributed by atoms with Crippen LogP contribution in [-0.4, -0.2) is 17.8 Å². The zero-order valence-electron chi connectivity index (χ0n) is 11.0. The molecule has 1 aromatic rings. The van der Waals surface area contributed by atoms with Crippen molar-refractivity contribution < 1.29 is 9.50 Å². The lowest BCUT2D eigenvalue weighted by molar-refractivity contribution is 0.220. The van der Waals surface area contributed by atoms with Crippen molar-refractivity contribution >= 4 is 0 Å². The fourth-order valence-electron chi connectivity index (χ4n) is 2.82. The third-order valence-electron chi connectivity index (χ3n) is 3.83. The van der Waals surface area contributed by atoms with Gasteiger partial charge in [0.2, 0.25) is 0 Å². The standard InChI is InChI=1S/C15H22FNO/c1-11-9-12(16)7-8-14(11)15(10-18)17-13-5-3-2-4-6-13/h7-9,13,15,17-18H,2-6,10H2,1H3. The van der Waals surface area contributed by atoms with Gasteiger partial charge in [0, 0.05) is 6.04 Å². The molecule has 0 radical (unpaired) electrons. The highest BCUT2D eigenvalue weighted by atomic mass is 19.1. The average molecular weight is 251 g/mol. The van der Waals surface area contributed by atoms with Crippen LogP contribution in [0.1, 0.15) is 49.3 Å². The number of aliphatic hydroxyl groups is 1. The maximum atomic E-state index is 13.1. The lowest BCUT2D eigenvalue weighted by atomic mass is 9.93. The van der Waals surface area contributed by atoms with Crippen molar-refractivity contribution in [1.82, 2.24) is 5.32 Å². The van der Waals surface area contributed by atoms with Gasteiger partial charge in [-0.3, -0.25) is 0 Å². The third-order valence-corrected chi connectivity index (χ3v) is 3.83. The minimum atomic E-state index is -0.217. The second-order valence-electron chi connectivity index (χ2n) is 5.24. The smallest absolute Gasteiger partial charge is 0.123 e. The van der Waals surface area contributed by atoms with Crippen LogP contribution in [0, 0.1) is 12.7 Å². The number of hydrogen-bond acceptors (Lipinski definition) is 2. The van der Waals surface area contributed by atoms with Crippen molar-refractivity contribution in [2.45, 2.75) is 51.1 Å². The Bertz CT molecular complexity index is 388. The molecule has 0 saturated heterocycles. The minimum Gasteiger partial charge on any atom is -0.394 e. The Hall–Kier alpha value is -0.930. The van der Waals surface area contributed by atoms with Crippen LogP contribution in [0.15, 0.2) is 18.2 Å². The van der Waals surface area contributed by atoms with Crippen molar-refractivity contribution in [3.05, 3.63) is 35.1 Å². The van der Waals surface area contributed by atoms with Gasteiger partial charge in [-0.25, -0.2) is 4.39 Å². The van der Waals surface area contributed by atoms with Gasteiger partial charge in [0.05, 0.1) is 12.6 Å². The second kappa shape index (κ2) is 6.30. The van der Waals surface area contributed by atoms with Gasteiger partial charge in [-0.1, -0.05) is 25.3 Å². The predicted molar refractivity (Wildman–Crippen MR) is 71.0 cm³/mol. The maximum Gasteiger partial charge on any atom is 0.123 e. The summed E-state index contributed by atoms with van der Waals surface area (Å²) in [4.78, 5) is 0. The molecule has 0 bridgehead atoms. The van der Waals surface area contributed by atoms with E-state index in [1.165, 1.54) is 44.2 Å². The largest absolute Gasteiger partial charge is 0.394 e. The second-order valence-corrected chi connectivity index (χ2v) is 5.24. The predicted octanol–water partition coefficient (Wildman–Crippen LogP) is 3.09. The number of nitrogens with one attached hydrogen (secondary N) is 1. The molecule has 1 saturated carbocycles. The van der Waals surface area contributed by atoms with Gasteiger partial charge in [0.15, 0.2) is 0 Å². The van der Waals surface area contributed by atoms with E-state index < -0.39 is 0 Å². The van der Waals surface area contributed by atoms with Crippen LogP contribution in [0.2, 0.25) is 0 Å². The first-order valence-electron chi connectivity index (χ1n) is 6.83. The van der Waals surface area contributed by atoms with E-state index in [4.69, 9.17) is 0 Å². The van der Waals surface area contributed by atoms with E-state index in [1.54, 1.807) is 6.07 Å². The number of aryl methyl sites for hydroxylation is 1. The van der Waals surface area contributed by atoms with E-state index in [1.807, 2.05) is 6.92 Å². The van der Waals surface area contributed by atoms with Crippen LogP contribution < -0.4 is 5.32 Å². The van der Waals surface area contributed by atoms with Crippen molar-refractivity contribution in [2.75, 3.05) is 6.61 Å². The zero-order chi connectivity index (χ0) is 13.0. The summed E-state index contributed by atoms with van der Waals surface area (Å²) >= 11 is 0. The Kier molecular flexibility index (Phi) is 4.72. The fraction of sp³-hybridized carbons (Fsp3) is 0.600. The molecule has 0 aliphatic heterocycles. The van der Waals surface area contributed by atoms with E-state index in [-0.39, 0.29) is 18.5 Å². The molecule has 2 rings (SSSR count). The molecule has 1 atom stereocenters. The Labute approximate surface area is 108 Å². The van der Waals surface area contributed by atoms with Crippen molar-refractivity contribution in [3.8, 4) is 0 Å². The fourth-order valence-corrected chi connectivity index (χ4v) is 2.82. The molecule has 1 fully saturated rings. The van der Waals surface area contributed by atoms with E-state index in [9.17, 15) is 9.50 Å². The van der Waals surface area contributed by atoms with Crippen molar-refractivity contribution in [1.29, 1.82) is 0 Å². The van der Waals surface area contributed by atoms with Crippen LogP contribution in [0.5, 0.6) is 0 Å². The summed E-state index contributed by atoms with van der Waals surface area (Å²) in [5.41, 5.74) is 1.90. The highest BCUT2D eigenvalue weighted by molar-refractivity contribution is 5.29. The van der Waals surface area contributed by atoms with Gasteiger partial charge < -0.3 is 10.4 Å². The highest BCUT2D eigenvalue weighted by Gasteiger charge is 2.19. The SMILES string of the molecule is Cc1cc(F)ccc1C(CO)NC1CCCCC1. The number of hydrogen-bond donors (Lipinski definition) is 2. The minimum absolute atomic E-state index is 0.0585. The first-order chi connectivity index (χ1) is 8.70. The summed E-state index contributed by atoms with van der Waals surface area (Å²) < 4.78 is 13.1. The van der Waals surface area contributed by atoms with Crippen LogP contribution in [-0.2, 0) is 0 Å². The molecule has 0 amide bonds. The summed E-state index contributed by atoms with van der Waals surface area (Å²) in [6.07, 6.45) is 6.20. The van der Waals surface area contributed by atoms with Gasteiger partial charge in [0.1, 0.15) is 5.82 Å². The molecule has 2 N–H and O–H groups in total. The average Bonchev–Trinajstić information content (AvgIpc) is 2.38. The summed E-state index contributed by atoms with van der Waals surface area (Å²) in [5.74, 6) is -0.217. The summed E-state index contributed by atoms with van der Waals surface area (Å²) in [6, 6.07) is 5.18. The normalized spacial score (nSPS) is 18.8. The number of benzene rings is 1. The lowest BCUT2D eigenvalue weighted by Gasteiger charge is -2.28. The number of aliphatic hydroxyl groups excluding tert-OH is 1. The third kappa shape index (κ3) is 3.30. The molecule has 100 valence electrons. The Morgan fingerprint density at radius 1 is 1.33 bits per heavy atom. The van der Waals surface area contributed by atoms with E-state index in [2.05, 4.69) is 5.32 Å². The first-order valence-corrected chi connectivity index (χ1v) is 6.83. The summed E-state index contributed by atoms with van der Waals surface area (Å²) in [7, 11) is 0. The van der Waals surface area contributed by atoms with Crippen LogP contribution in [0.4, 0.5) is 4.39 Å². The molecule has 0 aromatic heterocycles. The molecule has 0 heterocycles. The van der Waals surface area contributed by atoms with Crippen molar-refractivity contribution in [3.63, 3.8) is 0 Å². The molecule has 0 spiro atoms. The zero-order valence-corrected chi connectivity index (χ0v) is 11.0. The van der Waals surface area contributed by atoms with Gasteiger partial charge in [-0.05, 0) is 43.0 Å². The first kappa shape index (κ1) is 13.5. The van der Waals surface area contributed by atoms with Gasteiger partial charge in [-0.15, -0.1) is 0 Å². The van der Waals surface area contributed by atoms with Crippen molar-refractivity contribution in [2.24, 2.45) is 0 Å². The lowest BCUT2D eigenvalue weighted by Crippen LogP contribution is -2.36. The topological polar surface area (TPSA) is 32.3 Å². The molecule has 2 nitrogen and oxygen atoms in total. The Balaban J connectivity index is 2.07. The maximum absolute atomic E-state index is 13.1. The highest BCUT2D eigenvalue weighted by Crippen LogP contribution is 2.23. The molecule has 1 unspecified atom stereocenters. The van der Waals surface area contributed by atoms with E-state index >= 15 is 0 Å². The summed E-state index contributed by atoms with van der Waals surface area (Å²) in [6.45, 7) is 1.95. The molecular weight excluding hydrogens is 229 g/mol. The van der Waals surface area contributed by atoms with Gasteiger partial charge in [0.25, 0.3) is 0 Å². The van der Waals surface area contributed by atoms with Crippen LogP contribution in [0.25, 0.3) is 0 Å². The number of halogens is 1. The summed E-state index contributed by atoms with van der Waals surface area (Å²) in [5, 5.41) is 13.1. The van der Waals surface area contributed by atoms with Crippen LogP contribution in [0.3, 0.4) is 0 Å². The Morgan fingerprint density at radius 2 is 2.06 bits per heavy atom. The monoisotopic (exact) mass is 251 g/mol. The molecule has 1 aromatic carbocycles.